The van der Waals surface area contributed by atoms with Crippen LogP contribution in [0.3, 0.4) is 0 Å². The standard InChI is InChI=1S/C9H17N4O/c1-7-4-3-5-8(2)13(7)12-6-9(10)14-11-12/h7-8,10H,3-6H2,1-2H3/q-1. The SMILES string of the molecule is CC1CCCC(C)N1N1CC(=N)O[N-]1. The minimum absolute atomic E-state index is 0.231. The van der Waals surface area contributed by atoms with Crippen molar-refractivity contribution in [1.29, 1.82) is 5.41 Å². The van der Waals surface area contributed by atoms with Crippen molar-refractivity contribution in [2.24, 2.45) is 0 Å². The van der Waals surface area contributed by atoms with Crippen LogP contribution in [0.15, 0.2) is 0 Å². The van der Waals surface area contributed by atoms with Crippen LogP contribution in [0, 0.1) is 5.41 Å². The first kappa shape index (κ1) is 9.89. The Balaban J connectivity index is 2.03. The van der Waals surface area contributed by atoms with E-state index in [2.05, 4.69) is 24.4 Å². The molecule has 2 aliphatic heterocycles. The highest BCUT2D eigenvalue weighted by atomic mass is 16.7. The third kappa shape index (κ3) is 1.75. The van der Waals surface area contributed by atoms with Crippen LogP contribution < -0.4 is 0 Å². The van der Waals surface area contributed by atoms with Crippen LogP contribution in [-0.4, -0.2) is 34.7 Å². The van der Waals surface area contributed by atoms with E-state index in [1.807, 2.05) is 0 Å². The molecule has 1 N–H and O–H groups in total. The molecule has 0 aromatic rings. The van der Waals surface area contributed by atoms with Crippen molar-refractivity contribution in [2.45, 2.75) is 45.2 Å². The molecule has 0 aromatic heterocycles. The van der Waals surface area contributed by atoms with Gasteiger partial charge in [-0.05, 0) is 26.7 Å². The second kappa shape index (κ2) is 3.84. The van der Waals surface area contributed by atoms with Crippen molar-refractivity contribution in [3.8, 4) is 0 Å². The lowest BCUT2D eigenvalue weighted by Crippen LogP contribution is -2.51. The van der Waals surface area contributed by atoms with Crippen LogP contribution in [-0.2, 0) is 4.84 Å². The molecule has 0 amide bonds. The van der Waals surface area contributed by atoms with Crippen molar-refractivity contribution in [3.63, 3.8) is 0 Å². The molecule has 0 aliphatic carbocycles. The highest BCUT2D eigenvalue weighted by molar-refractivity contribution is 5.77. The van der Waals surface area contributed by atoms with Crippen molar-refractivity contribution in [2.75, 3.05) is 6.54 Å². The molecular formula is C9H17N4O-. The van der Waals surface area contributed by atoms with Crippen LogP contribution >= 0.6 is 0 Å². The fourth-order valence-corrected chi connectivity index (χ4v) is 2.27. The molecule has 0 aromatic carbocycles. The monoisotopic (exact) mass is 197 g/mol. The van der Waals surface area contributed by atoms with Crippen molar-refractivity contribution >= 4 is 5.90 Å². The van der Waals surface area contributed by atoms with Gasteiger partial charge >= 0.3 is 0 Å². The molecule has 2 unspecified atom stereocenters. The van der Waals surface area contributed by atoms with Gasteiger partial charge in [0.1, 0.15) is 0 Å². The minimum Gasteiger partial charge on any atom is -0.563 e. The van der Waals surface area contributed by atoms with E-state index >= 15 is 0 Å². The maximum atomic E-state index is 7.35. The van der Waals surface area contributed by atoms with Crippen molar-refractivity contribution in [3.05, 3.63) is 5.59 Å². The molecule has 5 nitrogen and oxygen atoms in total. The van der Waals surface area contributed by atoms with E-state index in [9.17, 15) is 0 Å². The van der Waals surface area contributed by atoms with E-state index in [4.69, 9.17) is 10.2 Å². The average molecular weight is 197 g/mol. The first-order chi connectivity index (χ1) is 6.68. The summed E-state index contributed by atoms with van der Waals surface area (Å²) in [4.78, 5) is 4.81. The zero-order valence-electron chi connectivity index (χ0n) is 8.73. The number of nitrogens with zero attached hydrogens (tertiary/aromatic N) is 3. The van der Waals surface area contributed by atoms with Gasteiger partial charge in [0.15, 0.2) is 5.90 Å². The molecule has 2 aliphatic rings. The molecule has 2 saturated heterocycles. The Morgan fingerprint density at radius 3 is 2.50 bits per heavy atom. The molecule has 5 heteroatoms. The zero-order chi connectivity index (χ0) is 10.1. The predicted molar refractivity (Wildman–Crippen MR) is 53.5 cm³/mol. The Morgan fingerprint density at radius 2 is 2.00 bits per heavy atom. The number of hydrazine groups is 1. The largest absolute Gasteiger partial charge is 0.563 e. The van der Waals surface area contributed by atoms with Gasteiger partial charge in [0.25, 0.3) is 0 Å². The second-order valence-electron chi connectivity index (χ2n) is 4.14. The van der Waals surface area contributed by atoms with E-state index in [0.29, 0.717) is 18.6 Å². The van der Waals surface area contributed by atoms with Crippen molar-refractivity contribution < 1.29 is 4.84 Å². The van der Waals surface area contributed by atoms with E-state index in [1.165, 1.54) is 19.3 Å². The summed E-state index contributed by atoms with van der Waals surface area (Å²) in [6.45, 7) is 4.88. The van der Waals surface area contributed by atoms with Gasteiger partial charge in [-0.3, -0.25) is 10.4 Å². The smallest absolute Gasteiger partial charge is 0.180 e. The lowest BCUT2D eigenvalue weighted by molar-refractivity contribution is -0.0783. The lowest BCUT2D eigenvalue weighted by Gasteiger charge is -2.48. The molecule has 0 bridgehead atoms. The molecule has 80 valence electrons. The van der Waals surface area contributed by atoms with Crippen LogP contribution in [0.1, 0.15) is 33.1 Å². The molecule has 0 radical (unpaired) electrons. The van der Waals surface area contributed by atoms with Gasteiger partial charge in [-0.2, -0.15) is 0 Å². The summed E-state index contributed by atoms with van der Waals surface area (Å²) < 4.78 is 0. The summed E-state index contributed by atoms with van der Waals surface area (Å²) in [6, 6.07) is 0.994. The maximum Gasteiger partial charge on any atom is 0.180 e. The Labute approximate surface area is 84.4 Å². The van der Waals surface area contributed by atoms with E-state index in [-0.39, 0.29) is 5.90 Å². The Kier molecular flexibility index (Phi) is 2.71. The van der Waals surface area contributed by atoms with Gasteiger partial charge in [-0.15, -0.1) is 0 Å². The van der Waals surface area contributed by atoms with E-state index in [0.717, 1.165) is 0 Å². The normalized spacial score (nSPS) is 36.0. The molecule has 0 spiro atoms. The van der Waals surface area contributed by atoms with Crippen molar-refractivity contribution in [1.82, 2.24) is 10.1 Å². The topological polar surface area (TPSA) is 53.7 Å². The predicted octanol–water partition coefficient (Wildman–Crippen LogP) is 1.68. The summed E-state index contributed by atoms with van der Waals surface area (Å²) in [6.07, 6.45) is 3.68. The molecule has 2 fully saturated rings. The molecule has 2 atom stereocenters. The summed E-state index contributed by atoms with van der Waals surface area (Å²) in [5.41, 5.74) is 3.88. The first-order valence-electron chi connectivity index (χ1n) is 5.19. The first-order valence-corrected chi connectivity index (χ1v) is 5.19. The van der Waals surface area contributed by atoms with Crippen LogP contribution in [0.25, 0.3) is 5.59 Å². The van der Waals surface area contributed by atoms with Crippen LogP contribution in [0.4, 0.5) is 0 Å². The molecule has 2 heterocycles. The number of piperidine rings is 1. The molecular weight excluding hydrogens is 180 g/mol. The number of nitrogens with one attached hydrogen (secondary N) is 1. The highest BCUT2D eigenvalue weighted by Crippen LogP contribution is 2.27. The van der Waals surface area contributed by atoms with Gasteiger partial charge in [-0.25, -0.2) is 0 Å². The fraction of sp³-hybridized carbons (Fsp3) is 0.889. The third-order valence-electron chi connectivity index (χ3n) is 2.94. The summed E-state index contributed by atoms with van der Waals surface area (Å²) >= 11 is 0. The summed E-state index contributed by atoms with van der Waals surface area (Å²) in [5, 5.41) is 11.4. The molecule has 0 saturated carbocycles. The van der Waals surface area contributed by atoms with Crippen LogP contribution in [0.2, 0.25) is 0 Å². The lowest BCUT2D eigenvalue weighted by atomic mass is 10.00. The molecule has 2 rings (SSSR count). The summed E-state index contributed by atoms with van der Waals surface area (Å²) in [5.74, 6) is 0.231. The average Bonchev–Trinajstić information content (AvgIpc) is 2.51. The third-order valence-corrected chi connectivity index (χ3v) is 2.94. The van der Waals surface area contributed by atoms with E-state index in [1.54, 1.807) is 5.12 Å². The van der Waals surface area contributed by atoms with Gasteiger partial charge in [-0.1, -0.05) is 6.42 Å². The minimum atomic E-state index is 0.231. The van der Waals surface area contributed by atoms with E-state index < -0.39 is 0 Å². The Bertz CT molecular complexity index is 223. The number of hydrogen-bond acceptors (Lipinski definition) is 4. The fourth-order valence-electron chi connectivity index (χ4n) is 2.27. The molecule has 14 heavy (non-hydrogen) atoms. The van der Waals surface area contributed by atoms with Crippen LogP contribution in [0.5, 0.6) is 0 Å². The highest BCUT2D eigenvalue weighted by Gasteiger charge is 2.28. The summed E-state index contributed by atoms with van der Waals surface area (Å²) in [7, 11) is 0. The van der Waals surface area contributed by atoms with Gasteiger partial charge in [0, 0.05) is 12.1 Å². The van der Waals surface area contributed by atoms with Gasteiger partial charge in [0.2, 0.25) is 0 Å². The zero-order valence-corrected chi connectivity index (χ0v) is 8.73. The van der Waals surface area contributed by atoms with Gasteiger partial charge < -0.3 is 15.5 Å². The number of rotatable bonds is 1. The maximum absolute atomic E-state index is 7.35. The quantitative estimate of drug-likeness (QED) is 0.695. The Hall–Kier alpha value is -0.650. The Morgan fingerprint density at radius 1 is 1.36 bits per heavy atom. The van der Waals surface area contributed by atoms with Gasteiger partial charge in [0.05, 0.1) is 6.54 Å². The second-order valence-corrected chi connectivity index (χ2v) is 4.14. The number of hydrogen-bond donors (Lipinski definition) is 1.